The van der Waals surface area contributed by atoms with Crippen LogP contribution in [0, 0.1) is 40.4 Å². The van der Waals surface area contributed by atoms with Gasteiger partial charge in [-0.25, -0.2) is 0 Å². The molecule has 0 aromatic heterocycles. The van der Waals surface area contributed by atoms with Crippen molar-refractivity contribution in [1.82, 2.24) is 0 Å². The monoisotopic (exact) mass is 330 g/mol. The third-order valence-corrected chi connectivity index (χ3v) is 9.57. The largest absolute Gasteiger partial charge is 0.300 e. The zero-order chi connectivity index (χ0) is 16.9. The third kappa shape index (κ3) is 2.43. The fraction of sp³-hybridized carbons (Fsp3) is 0.957. The average Bonchev–Trinajstić information content (AvgIpc) is 2.74. The fourth-order valence-electron chi connectivity index (χ4n) is 8.34. The Bertz CT molecular complexity index is 496. The van der Waals surface area contributed by atoms with Crippen LogP contribution in [0.2, 0.25) is 0 Å². The third-order valence-electron chi connectivity index (χ3n) is 9.57. The van der Waals surface area contributed by atoms with Gasteiger partial charge in [-0.3, -0.25) is 4.79 Å². The molecule has 1 heteroatoms. The number of carbonyl (C=O) groups is 1. The van der Waals surface area contributed by atoms with Gasteiger partial charge in [0.15, 0.2) is 0 Å². The summed E-state index contributed by atoms with van der Waals surface area (Å²) in [6.45, 7) is 7.04. The SMILES string of the molecule is CC(=O)C1CCCC2C3CCC4CCCCCC4(C)C3CCC12C. The number of Topliss-reactive ketones (excluding diaryl/α,β-unsaturated/α-hetero) is 1. The van der Waals surface area contributed by atoms with Crippen LogP contribution in [0.5, 0.6) is 0 Å². The highest BCUT2D eigenvalue weighted by molar-refractivity contribution is 5.79. The van der Waals surface area contributed by atoms with Crippen LogP contribution < -0.4 is 0 Å². The Balaban J connectivity index is 1.64. The first-order valence-corrected chi connectivity index (χ1v) is 11.0. The van der Waals surface area contributed by atoms with Crippen molar-refractivity contribution in [3.63, 3.8) is 0 Å². The summed E-state index contributed by atoms with van der Waals surface area (Å²) in [6.07, 6.45) is 17.0. The minimum atomic E-state index is 0.319. The van der Waals surface area contributed by atoms with E-state index in [1.54, 1.807) is 0 Å². The lowest BCUT2D eigenvalue weighted by atomic mass is 9.42. The van der Waals surface area contributed by atoms with Gasteiger partial charge in [0.25, 0.3) is 0 Å². The maximum atomic E-state index is 12.4. The first-order chi connectivity index (χ1) is 11.5. The maximum absolute atomic E-state index is 12.4. The van der Waals surface area contributed by atoms with Crippen LogP contribution in [0.4, 0.5) is 0 Å². The second kappa shape index (κ2) is 6.13. The molecule has 0 saturated heterocycles. The van der Waals surface area contributed by atoms with Gasteiger partial charge in [-0.2, -0.15) is 0 Å². The summed E-state index contributed by atoms with van der Waals surface area (Å²) >= 11 is 0. The van der Waals surface area contributed by atoms with Gasteiger partial charge < -0.3 is 0 Å². The smallest absolute Gasteiger partial charge is 0.133 e. The second-order valence-electron chi connectivity index (χ2n) is 10.4. The Morgan fingerprint density at radius 3 is 2.33 bits per heavy atom. The number of hydrogen-bond acceptors (Lipinski definition) is 1. The summed E-state index contributed by atoms with van der Waals surface area (Å²) in [5.41, 5.74) is 0.934. The molecule has 0 spiro atoms. The normalized spacial score (nSPS) is 51.7. The van der Waals surface area contributed by atoms with Crippen molar-refractivity contribution in [3.05, 3.63) is 0 Å². The molecule has 4 aliphatic rings. The lowest BCUT2D eigenvalue weighted by molar-refractivity contribution is -0.149. The van der Waals surface area contributed by atoms with E-state index in [1.807, 2.05) is 6.92 Å². The molecule has 136 valence electrons. The van der Waals surface area contributed by atoms with E-state index in [0.717, 1.165) is 23.7 Å². The van der Waals surface area contributed by atoms with Gasteiger partial charge >= 0.3 is 0 Å². The predicted octanol–water partition coefficient (Wildman–Crippen LogP) is 6.40. The summed E-state index contributed by atoms with van der Waals surface area (Å²) < 4.78 is 0. The van der Waals surface area contributed by atoms with Gasteiger partial charge in [-0.15, -0.1) is 0 Å². The highest BCUT2D eigenvalue weighted by Gasteiger charge is 2.58. The predicted molar refractivity (Wildman–Crippen MR) is 99.7 cm³/mol. The highest BCUT2D eigenvalue weighted by atomic mass is 16.1. The highest BCUT2D eigenvalue weighted by Crippen LogP contribution is 2.66. The maximum Gasteiger partial charge on any atom is 0.133 e. The van der Waals surface area contributed by atoms with E-state index in [-0.39, 0.29) is 0 Å². The van der Waals surface area contributed by atoms with E-state index in [1.165, 1.54) is 77.0 Å². The molecule has 24 heavy (non-hydrogen) atoms. The lowest BCUT2D eigenvalue weighted by Gasteiger charge is -2.62. The van der Waals surface area contributed by atoms with Crippen LogP contribution in [-0.2, 0) is 4.79 Å². The topological polar surface area (TPSA) is 17.1 Å². The van der Waals surface area contributed by atoms with Crippen molar-refractivity contribution in [2.75, 3.05) is 0 Å². The molecular formula is C23H38O. The van der Waals surface area contributed by atoms with Crippen LogP contribution >= 0.6 is 0 Å². The average molecular weight is 331 g/mol. The van der Waals surface area contributed by atoms with Gasteiger partial charge in [0, 0.05) is 5.92 Å². The molecule has 4 aliphatic carbocycles. The number of ketones is 1. The summed E-state index contributed by atoms with van der Waals surface area (Å²) in [6, 6.07) is 0. The van der Waals surface area contributed by atoms with E-state index in [2.05, 4.69) is 13.8 Å². The number of fused-ring (bicyclic) bond motifs is 5. The second-order valence-corrected chi connectivity index (χ2v) is 10.4. The van der Waals surface area contributed by atoms with E-state index in [4.69, 9.17) is 0 Å². The summed E-state index contributed by atoms with van der Waals surface area (Å²) in [4.78, 5) is 12.4. The molecule has 4 fully saturated rings. The van der Waals surface area contributed by atoms with Gasteiger partial charge in [-0.05, 0) is 92.8 Å². The van der Waals surface area contributed by atoms with Crippen molar-refractivity contribution in [3.8, 4) is 0 Å². The molecule has 0 aromatic rings. The van der Waals surface area contributed by atoms with E-state index in [0.29, 0.717) is 22.5 Å². The Labute approximate surface area is 149 Å². The molecule has 7 unspecified atom stereocenters. The molecule has 0 aromatic carbocycles. The molecule has 0 radical (unpaired) electrons. The fourth-order valence-corrected chi connectivity index (χ4v) is 8.34. The Morgan fingerprint density at radius 1 is 0.750 bits per heavy atom. The number of carbonyl (C=O) groups excluding carboxylic acids is 1. The molecule has 1 nitrogen and oxygen atoms in total. The first-order valence-electron chi connectivity index (χ1n) is 11.0. The van der Waals surface area contributed by atoms with E-state index < -0.39 is 0 Å². The Hall–Kier alpha value is -0.330. The van der Waals surface area contributed by atoms with Gasteiger partial charge in [0.2, 0.25) is 0 Å². The Kier molecular flexibility index (Phi) is 4.37. The standard InChI is InChI=1S/C23H38O/c1-16(24)19-9-7-10-20-18-12-11-17-8-5-4-6-14-22(17,2)21(18)13-15-23(19,20)3/h17-21H,4-15H2,1-3H3. The van der Waals surface area contributed by atoms with Crippen LogP contribution in [-0.4, -0.2) is 5.78 Å². The van der Waals surface area contributed by atoms with Crippen molar-refractivity contribution in [1.29, 1.82) is 0 Å². The molecule has 4 rings (SSSR count). The Morgan fingerprint density at radius 2 is 1.54 bits per heavy atom. The molecule has 0 amide bonds. The van der Waals surface area contributed by atoms with Gasteiger partial charge in [0.1, 0.15) is 5.78 Å². The summed E-state index contributed by atoms with van der Waals surface area (Å²) in [5, 5.41) is 0. The minimum absolute atomic E-state index is 0.319. The van der Waals surface area contributed by atoms with Crippen LogP contribution in [0.25, 0.3) is 0 Å². The van der Waals surface area contributed by atoms with Crippen molar-refractivity contribution in [2.45, 2.75) is 97.8 Å². The van der Waals surface area contributed by atoms with Crippen molar-refractivity contribution in [2.24, 2.45) is 40.4 Å². The van der Waals surface area contributed by atoms with Crippen molar-refractivity contribution < 1.29 is 4.79 Å². The quantitative estimate of drug-likeness (QED) is 0.543. The summed E-state index contributed by atoms with van der Waals surface area (Å²) in [5.74, 6) is 4.55. The molecule has 0 heterocycles. The molecule has 0 aliphatic heterocycles. The van der Waals surface area contributed by atoms with Crippen LogP contribution in [0.1, 0.15) is 97.8 Å². The van der Waals surface area contributed by atoms with Crippen molar-refractivity contribution >= 4 is 5.78 Å². The number of rotatable bonds is 1. The molecule has 0 N–H and O–H groups in total. The lowest BCUT2D eigenvalue weighted by Crippen LogP contribution is -2.55. The van der Waals surface area contributed by atoms with Gasteiger partial charge in [-0.1, -0.05) is 39.5 Å². The van der Waals surface area contributed by atoms with E-state index >= 15 is 0 Å². The van der Waals surface area contributed by atoms with Crippen LogP contribution in [0.15, 0.2) is 0 Å². The molecular weight excluding hydrogens is 292 g/mol. The molecule has 4 saturated carbocycles. The number of hydrogen-bond donors (Lipinski definition) is 0. The molecule has 0 bridgehead atoms. The summed E-state index contributed by atoms with van der Waals surface area (Å²) in [7, 11) is 0. The zero-order valence-corrected chi connectivity index (χ0v) is 16.3. The molecule has 7 atom stereocenters. The van der Waals surface area contributed by atoms with E-state index in [9.17, 15) is 4.79 Å². The van der Waals surface area contributed by atoms with Crippen LogP contribution in [0.3, 0.4) is 0 Å². The first kappa shape index (κ1) is 17.1. The van der Waals surface area contributed by atoms with Gasteiger partial charge in [0.05, 0.1) is 0 Å². The minimum Gasteiger partial charge on any atom is -0.300 e. The zero-order valence-electron chi connectivity index (χ0n) is 16.3.